The maximum absolute atomic E-state index is 14.0. The number of hydrogen-bond acceptors (Lipinski definition) is 8. The summed E-state index contributed by atoms with van der Waals surface area (Å²) in [5.74, 6) is 1.62. The van der Waals surface area contributed by atoms with Gasteiger partial charge in [-0.3, -0.25) is 0 Å². The monoisotopic (exact) mass is 623 g/mol. The molecule has 44 heavy (non-hydrogen) atoms. The summed E-state index contributed by atoms with van der Waals surface area (Å²) in [6.07, 6.45) is 1.72. The van der Waals surface area contributed by atoms with E-state index in [2.05, 4.69) is 23.1 Å². The Kier molecular flexibility index (Phi) is 10.8. The fourth-order valence-corrected chi connectivity index (χ4v) is 7.90. The zero-order valence-corrected chi connectivity index (χ0v) is 26.8. The molecule has 0 bridgehead atoms. The lowest BCUT2D eigenvalue weighted by atomic mass is 9.83. The molecule has 1 saturated heterocycles. The molecule has 0 aliphatic carbocycles. The zero-order chi connectivity index (χ0) is 31.1. The zero-order valence-electron chi connectivity index (χ0n) is 26.0. The summed E-state index contributed by atoms with van der Waals surface area (Å²) in [5.41, 5.74) is 10.2. The van der Waals surface area contributed by atoms with Crippen molar-refractivity contribution in [3.8, 4) is 11.5 Å². The highest BCUT2D eigenvalue weighted by Crippen LogP contribution is 2.39. The average Bonchev–Trinajstić information content (AvgIpc) is 3.04. The van der Waals surface area contributed by atoms with E-state index < -0.39 is 10.0 Å². The third-order valence-electron chi connectivity index (χ3n) is 8.64. The van der Waals surface area contributed by atoms with Crippen molar-refractivity contribution in [1.29, 1.82) is 0 Å². The largest absolute Gasteiger partial charge is 0.497 e. The number of sulfonamides is 1. The van der Waals surface area contributed by atoms with Crippen LogP contribution in [0.15, 0.2) is 71.6 Å². The summed E-state index contributed by atoms with van der Waals surface area (Å²) >= 11 is 0. The number of methoxy groups -OCH3 is 2. The van der Waals surface area contributed by atoms with Crippen molar-refractivity contribution in [3.05, 3.63) is 83.4 Å². The fourth-order valence-electron chi connectivity index (χ4n) is 6.22. The molecular weight excluding hydrogens is 578 g/mol. The number of nitrogens with two attached hydrogens (primary N) is 1. The van der Waals surface area contributed by atoms with Crippen molar-refractivity contribution in [3.63, 3.8) is 0 Å². The Morgan fingerprint density at radius 3 is 2.50 bits per heavy atom. The number of rotatable bonds is 13. The lowest BCUT2D eigenvalue weighted by Gasteiger charge is -2.43. The van der Waals surface area contributed by atoms with Crippen LogP contribution in [0, 0.1) is 6.92 Å². The molecule has 1 fully saturated rings. The molecule has 3 aromatic rings. The van der Waals surface area contributed by atoms with Crippen LogP contribution in [0.4, 0.5) is 5.69 Å². The SMILES string of the molecule is COCCCN1CCOc2ccc(CO[C@H]3CN(S(=O)(=O)c4ccc(C)cc4)[C@H](CCN)C[C@@H]3c3ccc(OC)cc3)cc21. The first-order chi connectivity index (χ1) is 21.3. The third-order valence-corrected chi connectivity index (χ3v) is 10.6. The molecule has 10 heteroatoms. The number of hydrogen-bond donors (Lipinski definition) is 1. The van der Waals surface area contributed by atoms with E-state index >= 15 is 0 Å². The van der Waals surface area contributed by atoms with Crippen molar-refractivity contribution < 1.29 is 27.4 Å². The number of anilines is 1. The van der Waals surface area contributed by atoms with Gasteiger partial charge in [0, 0.05) is 38.8 Å². The van der Waals surface area contributed by atoms with E-state index in [1.807, 2.05) is 43.3 Å². The molecule has 238 valence electrons. The first kappa shape index (κ1) is 32.2. The molecule has 0 saturated carbocycles. The van der Waals surface area contributed by atoms with Crippen molar-refractivity contribution in [2.45, 2.75) is 55.8 Å². The van der Waals surface area contributed by atoms with Crippen LogP contribution in [0.25, 0.3) is 0 Å². The van der Waals surface area contributed by atoms with Crippen LogP contribution in [0.5, 0.6) is 11.5 Å². The maximum Gasteiger partial charge on any atom is 0.243 e. The van der Waals surface area contributed by atoms with Crippen molar-refractivity contribution in [2.24, 2.45) is 5.73 Å². The molecule has 0 aromatic heterocycles. The minimum Gasteiger partial charge on any atom is -0.497 e. The van der Waals surface area contributed by atoms with Gasteiger partial charge in [0.2, 0.25) is 10.0 Å². The third kappa shape index (κ3) is 7.38. The van der Waals surface area contributed by atoms with Gasteiger partial charge in [0.25, 0.3) is 0 Å². The van der Waals surface area contributed by atoms with E-state index in [4.69, 9.17) is 24.7 Å². The molecule has 2 N–H and O–H groups in total. The number of aryl methyl sites for hydroxylation is 1. The van der Waals surface area contributed by atoms with Crippen LogP contribution in [0.1, 0.15) is 41.9 Å². The number of ether oxygens (including phenoxy) is 4. The topological polar surface area (TPSA) is 104 Å². The molecule has 0 radical (unpaired) electrons. The Morgan fingerprint density at radius 1 is 1.02 bits per heavy atom. The minimum atomic E-state index is -3.77. The summed E-state index contributed by atoms with van der Waals surface area (Å²) in [4.78, 5) is 2.62. The lowest BCUT2D eigenvalue weighted by Crippen LogP contribution is -2.52. The number of benzene rings is 3. The molecule has 0 amide bonds. The molecule has 2 aliphatic rings. The smallest absolute Gasteiger partial charge is 0.243 e. The van der Waals surface area contributed by atoms with Crippen molar-refractivity contribution in [2.75, 3.05) is 58.5 Å². The molecule has 0 spiro atoms. The van der Waals surface area contributed by atoms with Gasteiger partial charge in [-0.2, -0.15) is 4.31 Å². The van der Waals surface area contributed by atoms with Crippen molar-refractivity contribution >= 4 is 15.7 Å². The van der Waals surface area contributed by atoms with Crippen LogP contribution in [0.3, 0.4) is 0 Å². The van der Waals surface area contributed by atoms with Crippen molar-refractivity contribution in [1.82, 2.24) is 4.31 Å². The molecule has 0 unspecified atom stereocenters. The van der Waals surface area contributed by atoms with Crippen LogP contribution < -0.4 is 20.1 Å². The van der Waals surface area contributed by atoms with Gasteiger partial charge < -0.3 is 29.6 Å². The highest BCUT2D eigenvalue weighted by molar-refractivity contribution is 7.89. The van der Waals surface area contributed by atoms with E-state index in [1.54, 1.807) is 30.7 Å². The number of fused-ring (bicyclic) bond motifs is 1. The first-order valence-corrected chi connectivity index (χ1v) is 16.8. The van der Waals surface area contributed by atoms with Crippen LogP contribution >= 0.6 is 0 Å². The number of nitrogens with zero attached hydrogens (tertiary/aromatic N) is 2. The predicted molar refractivity (Wildman–Crippen MR) is 172 cm³/mol. The van der Waals surface area contributed by atoms with Gasteiger partial charge in [0.05, 0.1) is 36.9 Å². The summed E-state index contributed by atoms with van der Waals surface area (Å²) < 4.78 is 52.9. The predicted octanol–water partition coefficient (Wildman–Crippen LogP) is 4.72. The van der Waals surface area contributed by atoms with Gasteiger partial charge in [0.1, 0.15) is 18.1 Å². The Morgan fingerprint density at radius 2 is 1.80 bits per heavy atom. The lowest BCUT2D eigenvalue weighted by molar-refractivity contribution is -0.0205. The quantitative estimate of drug-likeness (QED) is 0.273. The Balaban J connectivity index is 1.42. The Bertz CT molecular complexity index is 1470. The van der Waals surface area contributed by atoms with Gasteiger partial charge in [-0.25, -0.2) is 8.42 Å². The number of piperidine rings is 1. The molecule has 3 atom stereocenters. The highest BCUT2D eigenvalue weighted by atomic mass is 32.2. The second-order valence-electron chi connectivity index (χ2n) is 11.6. The van der Waals surface area contributed by atoms with Gasteiger partial charge in [-0.15, -0.1) is 0 Å². The van der Waals surface area contributed by atoms with Gasteiger partial charge >= 0.3 is 0 Å². The molecular formula is C34H45N3O6S. The van der Waals surface area contributed by atoms with E-state index in [1.165, 1.54) is 0 Å². The molecule has 2 aliphatic heterocycles. The van der Waals surface area contributed by atoms with Crippen LogP contribution in [-0.4, -0.2) is 78.5 Å². The van der Waals surface area contributed by atoms with E-state index in [9.17, 15) is 8.42 Å². The van der Waals surface area contributed by atoms with Gasteiger partial charge in [-0.05, 0) is 80.3 Å². The Labute approximate surface area is 261 Å². The van der Waals surface area contributed by atoms with Crippen LogP contribution in [-0.2, 0) is 26.1 Å². The molecule has 3 aromatic carbocycles. The van der Waals surface area contributed by atoms with Gasteiger partial charge in [-0.1, -0.05) is 35.9 Å². The standard InChI is InChI=1S/C34H45N3O6S/c1-25-5-12-30(13-6-25)44(38,39)37-23-34(31(22-28(37)15-16-35)27-8-10-29(41-3)11-9-27)43-24-26-7-14-33-32(21-26)36(18-20-42-33)17-4-19-40-2/h5-14,21,28,31,34H,4,15-20,22-24,35H2,1-3H3/t28-,31-,34+/m1/s1. The molecule has 2 heterocycles. The summed E-state index contributed by atoms with van der Waals surface area (Å²) in [5, 5.41) is 0. The fraction of sp³-hybridized carbons (Fsp3) is 0.471. The minimum absolute atomic E-state index is 0.0200. The summed E-state index contributed by atoms with van der Waals surface area (Å²) in [7, 11) is -0.400. The normalized spacial score (nSPS) is 20.6. The second-order valence-corrected chi connectivity index (χ2v) is 13.5. The van der Waals surface area contributed by atoms with E-state index in [0.29, 0.717) is 39.2 Å². The van der Waals surface area contributed by atoms with E-state index in [0.717, 1.165) is 53.4 Å². The second kappa shape index (κ2) is 14.8. The maximum atomic E-state index is 14.0. The Hall–Kier alpha value is -3.15. The first-order valence-electron chi connectivity index (χ1n) is 15.4. The average molecular weight is 624 g/mol. The summed E-state index contributed by atoms with van der Waals surface area (Å²) in [6.45, 7) is 5.97. The van der Waals surface area contributed by atoms with Gasteiger partial charge in [0.15, 0.2) is 0 Å². The molecule has 9 nitrogen and oxygen atoms in total. The van der Waals surface area contributed by atoms with Crippen LogP contribution in [0.2, 0.25) is 0 Å². The summed E-state index contributed by atoms with van der Waals surface area (Å²) in [6, 6.07) is 20.9. The van der Waals surface area contributed by atoms with E-state index in [-0.39, 0.29) is 29.5 Å². The highest BCUT2D eigenvalue weighted by Gasteiger charge is 2.42. The molecule has 5 rings (SSSR count).